The number of hydrogen-bond acceptors (Lipinski definition) is 6. The maximum atomic E-state index is 13.2. The minimum absolute atomic E-state index is 0.0915. The highest BCUT2D eigenvalue weighted by Crippen LogP contribution is 2.56. The number of anilines is 1. The van der Waals surface area contributed by atoms with Crippen molar-refractivity contribution in [3.05, 3.63) is 70.8 Å². The average Bonchev–Trinajstić information content (AvgIpc) is 3.38. The lowest BCUT2D eigenvalue weighted by Gasteiger charge is -2.34. The molecule has 9 nitrogen and oxygen atoms in total. The van der Waals surface area contributed by atoms with Crippen molar-refractivity contribution in [2.24, 2.45) is 0 Å². The number of aromatic nitrogens is 2. The molecule has 6 rings (SSSR count). The zero-order valence-corrected chi connectivity index (χ0v) is 17.0. The van der Waals surface area contributed by atoms with Crippen molar-refractivity contribution >= 4 is 34.9 Å². The van der Waals surface area contributed by atoms with Crippen LogP contribution < -0.4 is 10.5 Å². The maximum absolute atomic E-state index is 13.2. The second-order valence-corrected chi connectivity index (χ2v) is 8.33. The van der Waals surface area contributed by atoms with E-state index in [4.69, 9.17) is 4.74 Å². The van der Waals surface area contributed by atoms with Crippen LogP contribution in [-0.2, 0) is 24.7 Å². The zero-order chi connectivity index (χ0) is 22.2. The summed E-state index contributed by atoms with van der Waals surface area (Å²) < 4.78 is 7.28. The molecule has 1 spiro atoms. The van der Waals surface area contributed by atoms with Crippen LogP contribution in [0.15, 0.2) is 59.7 Å². The Bertz CT molecular complexity index is 1380. The molecule has 0 radical (unpaired) electrons. The van der Waals surface area contributed by atoms with E-state index >= 15 is 0 Å². The van der Waals surface area contributed by atoms with Gasteiger partial charge in [-0.05, 0) is 25.1 Å². The van der Waals surface area contributed by atoms with E-state index in [0.717, 1.165) is 0 Å². The van der Waals surface area contributed by atoms with E-state index in [-0.39, 0.29) is 17.9 Å². The van der Waals surface area contributed by atoms with Crippen molar-refractivity contribution in [1.82, 2.24) is 14.5 Å². The molecule has 160 valence electrons. The van der Waals surface area contributed by atoms with Gasteiger partial charge in [-0.25, -0.2) is 9.78 Å². The Labute approximate surface area is 181 Å². The van der Waals surface area contributed by atoms with Gasteiger partial charge < -0.3 is 9.64 Å². The second-order valence-electron chi connectivity index (χ2n) is 8.33. The fourth-order valence-electron chi connectivity index (χ4n) is 5.32. The average molecular weight is 430 g/mol. The largest absolute Gasteiger partial charge is 0.448 e. The monoisotopic (exact) mass is 430 g/mol. The molecule has 1 aromatic heterocycles. The lowest BCUT2D eigenvalue weighted by atomic mass is 9.88. The SMILES string of the molecule is C[C@H]1C(=O)N2c3ccccc3[C@@]3(C[C@@H](n4cnc5ccccc5c4=O)C(=O)O3)[C@@H]2N1C=O. The van der Waals surface area contributed by atoms with Crippen LogP contribution in [-0.4, -0.2) is 44.9 Å². The predicted octanol–water partition coefficient (Wildman–Crippen LogP) is 1.31. The van der Waals surface area contributed by atoms with Crippen molar-refractivity contribution in [2.75, 3.05) is 4.90 Å². The molecule has 4 atom stereocenters. The number of rotatable bonds is 2. The number of esters is 1. The highest BCUT2D eigenvalue weighted by atomic mass is 16.6. The van der Waals surface area contributed by atoms with Gasteiger partial charge >= 0.3 is 5.97 Å². The number of benzene rings is 2. The number of fused-ring (bicyclic) bond motifs is 6. The topological polar surface area (TPSA) is 102 Å². The number of ether oxygens (including phenoxy) is 1. The number of nitrogens with zero attached hydrogens (tertiary/aromatic N) is 4. The van der Waals surface area contributed by atoms with Gasteiger partial charge in [0.05, 0.1) is 22.9 Å². The number of carbonyl (C=O) groups excluding carboxylic acids is 3. The summed E-state index contributed by atoms with van der Waals surface area (Å²) in [4.78, 5) is 58.5. The van der Waals surface area contributed by atoms with Crippen LogP contribution in [0.5, 0.6) is 0 Å². The summed E-state index contributed by atoms with van der Waals surface area (Å²) in [5, 5.41) is 0.399. The van der Waals surface area contributed by atoms with Crippen LogP contribution in [0.1, 0.15) is 24.9 Å². The highest BCUT2D eigenvalue weighted by molar-refractivity contribution is 6.04. The van der Waals surface area contributed by atoms with Gasteiger partial charge in [-0.15, -0.1) is 0 Å². The smallest absolute Gasteiger partial charge is 0.330 e. The van der Waals surface area contributed by atoms with Gasteiger partial charge in [-0.2, -0.15) is 0 Å². The summed E-state index contributed by atoms with van der Waals surface area (Å²) in [5.41, 5.74) is 0.173. The van der Waals surface area contributed by atoms with E-state index in [1.165, 1.54) is 20.7 Å². The van der Waals surface area contributed by atoms with Gasteiger partial charge in [0.2, 0.25) is 6.41 Å². The molecule has 0 aliphatic carbocycles. The first kappa shape index (κ1) is 18.7. The molecule has 2 saturated heterocycles. The Hall–Kier alpha value is -4.01. The first-order chi connectivity index (χ1) is 15.5. The highest BCUT2D eigenvalue weighted by Gasteiger charge is 2.67. The minimum Gasteiger partial charge on any atom is -0.448 e. The van der Waals surface area contributed by atoms with E-state index in [9.17, 15) is 19.2 Å². The van der Waals surface area contributed by atoms with Crippen LogP contribution in [0.3, 0.4) is 0 Å². The summed E-state index contributed by atoms with van der Waals surface area (Å²) in [7, 11) is 0. The van der Waals surface area contributed by atoms with Crippen molar-refractivity contribution in [2.45, 2.75) is 37.2 Å². The third kappa shape index (κ3) is 2.14. The van der Waals surface area contributed by atoms with E-state index in [1.54, 1.807) is 55.5 Å². The van der Waals surface area contributed by atoms with Crippen molar-refractivity contribution in [3.8, 4) is 0 Å². The van der Waals surface area contributed by atoms with Crippen molar-refractivity contribution < 1.29 is 19.1 Å². The molecule has 2 amide bonds. The Morgan fingerprint density at radius 3 is 2.66 bits per heavy atom. The first-order valence-electron chi connectivity index (χ1n) is 10.3. The molecular formula is C23H18N4O5. The van der Waals surface area contributed by atoms with Gasteiger partial charge in [0, 0.05) is 12.0 Å². The Morgan fingerprint density at radius 1 is 1.09 bits per heavy atom. The summed E-state index contributed by atoms with van der Waals surface area (Å²) >= 11 is 0. The molecule has 2 fully saturated rings. The molecular weight excluding hydrogens is 412 g/mol. The number of para-hydroxylation sites is 2. The summed E-state index contributed by atoms with van der Waals surface area (Å²) in [5.74, 6) is -0.839. The second kappa shape index (κ2) is 6.25. The minimum atomic E-state index is -1.27. The molecule has 3 aliphatic heterocycles. The third-order valence-corrected chi connectivity index (χ3v) is 6.80. The van der Waals surface area contributed by atoms with E-state index < -0.39 is 29.8 Å². The molecule has 0 saturated carbocycles. The van der Waals surface area contributed by atoms with Gasteiger partial charge in [0.25, 0.3) is 11.5 Å². The number of carbonyl (C=O) groups is 3. The molecule has 0 N–H and O–H groups in total. The van der Waals surface area contributed by atoms with Crippen molar-refractivity contribution in [3.63, 3.8) is 0 Å². The number of amides is 2. The summed E-state index contributed by atoms with van der Waals surface area (Å²) in [6.07, 6.45) is 1.26. The maximum Gasteiger partial charge on any atom is 0.330 e. The summed E-state index contributed by atoms with van der Waals surface area (Å²) in [6.45, 7) is 1.65. The molecule has 2 aromatic carbocycles. The Kier molecular flexibility index (Phi) is 3.66. The Balaban J connectivity index is 1.52. The molecule has 3 aliphatic rings. The number of hydrogen-bond donors (Lipinski definition) is 0. The molecule has 4 heterocycles. The van der Waals surface area contributed by atoms with Crippen LogP contribution in [0.4, 0.5) is 5.69 Å². The lowest BCUT2D eigenvalue weighted by molar-refractivity contribution is -0.157. The first-order valence-corrected chi connectivity index (χ1v) is 10.3. The quantitative estimate of drug-likeness (QED) is 0.449. The molecule has 32 heavy (non-hydrogen) atoms. The standard InChI is InChI=1S/C23H18N4O5/c1-13-19(29)27-17-9-5-3-7-15(17)23(22(27)26(13)12-28)10-18(21(31)32-23)25-11-24-16-8-4-2-6-14(16)20(25)30/h2-9,11-13,18,22H,10H2,1H3/t13-,18+,22+,23-/m0/s1. The van der Waals surface area contributed by atoms with Gasteiger partial charge in [-0.3, -0.25) is 23.9 Å². The fourth-order valence-corrected chi connectivity index (χ4v) is 5.32. The third-order valence-electron chi connectivity index (χ3n) is 6.80. The van der Waals surface area contributed by atoms with Crippen LogP contribution in [0.25, 0.3) is 10.9 Å². The zero-order valence-electron chi connectivity index (χ0n) is 17.0. The Morgan fingerprint density at radius 2 is 1.84 bits per heavy atom. The van der Waals surface area contributed by atoms with Gasteiger partial charge in [0.15, 0.2) is 11.8 Å². The lowest BCUT2D eigenvalue weighted by Crippen LogP contribution is -2.50. The summed E-state index contributed by atoms with van der Waals surface area (Å²) in [6, 6.07) is 12.5. The van der Waals surface area contributed by atoms with Crippen LogP contribution >= 0.6 is 0 Å². The fraction of sp³-hybridized carbons (Fsp3) is 0.261. The van der Waals surface area contributed by atoms with Gasteiger partial charge in [0.1, 0.15) is 12.1 Å². The van der Waals surface area contributed by atoms with E-state index in [2.05, 4.69) is 4.98 Å². The predicted molar refractivity (Wildman–Crippen MR) is 113 cm³/mol. The molecule has 0 bridgehead atoms. The van der Waals surface area contributed by atoms with Crippen LogP contribution in [0.2, 0.25) is 0 Å². The van der Waals surface area contributed by atoms with E-state index in [1.807, 2.05) is 0 Å². The molecule has 9 heteroatoms. The van der Waals surface area contributed by atoms with Crippen molar-refractivity contribution in [1.29, 1.82) is 0 Å². The molecule has 0 unspecified atom stereocenters. The van der Waals surface area contributed by atoms with Gasteiger partial charge in [-0.1, -0.05) is 30.3 Å². The van der Waals surface area contributed by atoms with Crippen LogP contribution in [0, 0.1) is 0 Å². The normalized spacial score (nSPS) is 28.3. The van der Waals surface area contributed by atoms with E-state index in [0.29, 0.717) is 28.6 Å². The molecule has 3 aromatic rings.